The summed E-state index contributed by atoms with van der Waals surface area (Å²) in [5, 5.41) is 12.2. The van der Waals surface area contributed by atoms with E-state index >= 15 is 0 Å². The number of anilines is 3. The summed E-state index contributed by atoms with van der Waals surface area (Å²) in [6.07, 6.45) is -3.00. The number of urea groups is 1. The zero-order valence-corrected chi connectivity index (χ0v) is 21.5. The third-order valence-corrected chi connectivity index (χ3v) is 6.74. The molecule has 2 aromatic heterocycles. The van der Waals surface area contributed by atoms with Crippen LogP contribution >= 0.6 is 0 Å². The van der Waals surface area contributed by atoms with E-state index in [1.807, 2.05) is 6.07 Å². The molecular formula is C28H25F4N7O2. The molecule has 0 spiro atoms. The molecule has 1 saturated heterocycles. The number of hydrogen-bond acceptors (Lipinski definition) is 5. The average Bonchev–Trinajstić information content (AvgIpc) is 3.37. The van der Waals surface area contributed by atoms with E-state index in [2.05, 4.69) is 25.8 Å². The van der Waals surface area contributed by atoms with Crippen molar-refractivity contribution < 1.29 is 27.2 Å². The van der Waals surface area contributed by atoms with Crippen LogP contribution in [0.4, 0.5) is 39.7 Å². The Labute approximate surface area is 231 Å². The standard InChI is InChI=1S/C28H25F4N7O2/c29-19-6-1-4-17(14-19)18-5-3-13-39(15-18)27(41)34-20-11-9-16(10-12-20)24-23(25(33)40)26(38-37-24)36-22-8-2-7-21(35-22)28(30,31)32/h1-2,4,6-12,14,18H,3,5,13,15H2,(H2,33,40)(H,34,41)(H2,35,36,37,38)/t18-/m0/s1. The highest BCUT2D eigenvalue weighted by Crippen LogP contribution is 2.32. The average molecular weight is 568 g/mol. The summed E-state index contributed by atoms with van der Waals surface area (Å²) < 4.78 is 52.8. The summed E-state index contributed by atoms with van der Waals surface area (Å²) in [5.41, 5.74) is 6.38. The summed E-state index contributed by atoms with van der Waals surface area (Å²) in [6.45, 7) is 1.03. The number of primary amides is 1. The highest BCUT2D eigenvalue weighted by Gasteiger charge is 2.32. The van der Waals surface area contributed by atoms with Crippen LogP contribution in [0, 0.1) is 5.82 Å². The van der Waals surface area contributed by atoms with Crippen molar-refractivity contribution in [2.24, 2.45) is 5.73 Å². The van der Waals surface area contributed by atoms with Crippen LogP contribution in [-0.4, -0.2) is 45.1 Å². The van der Waals surface area contributed by atoms with Crippen molar-refractivity contribution in [2.45, 2.75) is 24.9 Å². The van der Waals surface area contributed by atoms with Crippen LogP contribution in [0.2, 0.25) is 0 Å². The predicted molar refractivity (Wildman–Crippen MR) is 144 cm³/mol. The van der Waals surface area contributed by atoms with Crippen molar-refractivity contribution in [3.8, 4) is 11.3 Å². The van der Waals surface area contributed by atoms with Gasteiger partial charge >= 0.3 is 12.2 Å². The molecule has 1 aliphatic rings. The van der Waals surface area contributed by atoms with Crippen molar-refractivity contribution in [3.05, 3.63) is 89.4 Å². The highest BCUT2D eigenvalue weighted by molar-refractivity contribution is 6.04. The number of H-pyrrole nitrogens is 1. The second-order valence-corrected chi connectivity index (χ2v) is 9.56. The first-order valence-corrected chi connectivity index (χ1v) is 12.7. The Kier molecular flexibility index (Phi) is 7.60. The Bertz CT molecular complexity index is 1570. The number of piperidine rings is 1. The van der Waals surface area contributed by atoms with Gasteiger partial charge in [0.25, 0.3) is 5.91 Å². The van der Waals surface area contributed by atoms with Gasteiger partial charge in [-0.25, -0.2) is 14.2 Å². The van der Waals surface area contributed by atoms with E-state index in [1.165, 1.54) is 24.3 Å². The molecule has 2 aromatic carbocycles. The molecule has 0 unspecified atom stereocenters. The van der Waals surface area contributed by atoms with Gasteiger partial charge in [-0.15, -0.1) is 0 Å². The van der Waals surface area contributed by atoms with Gasteiger partial charge < -0.3 is 21.3 Å². The molecule has 0 aliphatic carbocycles. The lowest BCUT2D eigenvalue weighted by Gasteiger charge is -2.33. The van der Waals surface area contributed by atoms with Crippen LogP contribution in [0.5, 0.6) is 0 Å². The molecule has 0 bridgehead atoms. The maximum absolute atomic E-state index is 13.7. The smallest absolute Gasteiger partial charge is 0.365 e. The van der Waals surface area contributed by atoms with Crippen molar-refractivity contribution in [1.29, 1.82) is 0 Å². The van der Waals surface area contributed by atoms with Crippen LogP contribution in [0.25, 0.3) is 11.3 Å². The molecule has 3 amide bonds. The number of pyridine rings is 1. The van der Waals surface area contributed by atoms with Crippen molar-refractivity contribution in [2.75, 3.05) is 23.7 Å². The molecule has 5 N–H and O–H groups in total. The number of amides is 3. The Morgan fingerprint density at radius 1 is 1.05 bits per heavy atom. The molecule has 3 heterocycles. The van der Waals surface area contributed by atoms with Gasteiger partial charge in [-0.2, -0.15) is 18.3 Å². The lowest BCUT2D eigenvalue weighted by atomic mass is 9.91. The molecule has 0 radical (unpaired) electrons. The van der Waals surface area contributed by atoms with Gasteiger partial charge in [0.15, 0.2) is 0 Å². The normalized spacial score (nSPS) is 15.4. The van der Waals surface area contributed by atoms with Crippen LogP contribution in [-0.2, 0) is 6.18 Å². The fraction of sp³-hybridized carbons (Fsp3) is 0.214. The van der Waals surface area contributed by atoms with E-state index in [1.54, 1.807) is 35.2 Å². The van der Waals surface area contributed by atoms with Crippen LogP contribution in [0.3, 0.4) is 0 Å². The summed E-state index contributed by atoms with van der Waals surface area (Å²) >= 11 is 0. The number of aromatic nitrogens is 3. The van der Waals surface area contributed by atoms with Gasteiger partial charge in [0.1, 0.15) is 34.4 Å². The molecule has 41 heavy (non-hydrogen) atoms. The van der Waals surface area contributed by atoms with E-state index in [0.717, 1.165) is 24.5 Å². The number of carbonyl (C=O) groups excluding carboxylic acids is 2. The van der Waals surface area contributed by atoms with Gasteiger partial charge in [-0.05, 0) is 54.8 Å². The lowest BCUT2D eigenvalue weighted by molar-refractivity contribution is -0.141. The third-order valence-electron chi connectivity index (χ3n) is 6.74. The highest BCUT2D eigenvalue weighted by atomic mass is 19.4. The lowest BCUT2D eigenvalue weighted by Crippen LogP contribution is -2.41. The van der Waals surface area contributed by atoms with Gasteiger partial charge in [-0.1, -0.05) is 30.3 Å². The molecule has 212 valence electrons. The monoisotopic (exact) mass is 567 g/mol. The molecule has 5 rings (SSSR count). The molecule has 4 aromatic rings. The zero-order chi connectivity index (χ0) is 29.1. The van der Waals surface area contributed by atoms with Gasteiger partial charge in [0.05, 0.1) is 0 Å². The molecule has 13 heteroatoms. The van der Waals surface area contributed by atoms with Crippen LogP contribution in [0.15, 0.2) is 66.7 Å². The quantitative estimate of drug-likeness (QED) is 0.216. The molecule has 1 fully saturated rings. The number of nitrogens with two attached hydrogens (primary N) is 1. The summed E-state index contributed by atoms with van der Waals surface area (Å²) in [4.78, 5) is 30.4. The SMILES string of the molecule is NC(=O)c1c(-c2ccc(NC(=O)N3CCC[C@H](c4cccc(F)c4)C3)cc2)n[nH]c1Nc1cccc(C(F)(F)F)n1. The van der Waals surface area contributed by atoms with E-state index in [0.29, 0.717) is 24.3 Å². The molecule has 1 aliphatic heterocycles. The first-order valence-electron chi connectivity index (χ1n) is 12.7. The maximum atomic E-state index is 13.7. The Balaban J connectivity index is 1.29. The molecule has 9 nitrogen and oxygen atoms in total. The van der Waals surface area contributed by atoms with Crippen molar-refractivity contribution >= 4 is 29.3 Å². The Hall–Kier alpha value is -4.94. The van der Waals surface area contributed by atoms with Crippen LogP contribution < -0.4 is 16.4 Å². The zero-order valence-electron chi connectivity index (χ0n) is 21.5. The minimum absolute atomic E-state index is 0.0188. The largest absolute Gasteiger partial charge is 0.433 e. The van der Waals surface area contributed by atoms with Gasteiger partial charge in [0.2, 0.25) is 0 Å². The van der Waals surface area contributed by atoms with Gasteiger partial charge in [-0.3, -0.25) is 9.89 Å². The number of hydrogen-bond donors (Lipinski definition) is 4. The number of likely N-dealkylation sites (tertiary alicyclic amines) is 1. The first-order chi connectivity index (χ1) is 19.6. The first kappa shape index (κ1) is 27.6. The minimum atomic E-state index is -4.64. The number of halogens is 4. The Morgan fingerprint density at radius 2 is 1.80 bits per heavy atom. The van der Waals surface area contributed by atoms with E-state index < -0.39 is 17.8 Å². The maximum Gasteiger partial charge on any atom is 0.433 e. The van der Waals surface area contributed by atoms with E-state index in [-0.39, 0.29) is 40.7 Å². The van der Waals surface area contributed by atoms with Gasteiger partial charge in [0, 0.05) is 30.3 Å². The number of nitrogens with one attached hydrogen (secondary N) is 3. The second-order valence-electron chi connectivity index (χ2n) is 9.56. The molecule has 1 atom stereocenters. The third kappa shape index (κ3) is 6.29. The fourth-order valence-electron chi connectivity index (χ4n) is 4.78. The minimum Gasteiger partial charge on any atom is -0.365 e. The number of alkyl halides is 3. The van der Waals surface area contributed by atoms with E-state index in [4.69, 9.17) is 5.73 Å². The second kappa shape index (κ2) is 11.3. The topological polar surface area (TPSA) is 129 Å². The fourth-order valence-corrected chi connectivity index (χ4v) is 4.78. The summed E-state index contributed by atoms with van der Waals surface area (Å²) in [7, 11) is 0. The molecular weight excluding hydrogens is 542 g/mol. The van der Waals surface area contributed by atoms with Crippen molar-refractivity contribution in [3.63, 3.8) is 0 Å². The number of rotatable bonds is 6. The predicted octanol–water partition coefficient (Wildman–Crippen LogP) is 5.88. The number of nitrogens with zero attached hydrogens (tertiary/aromatic N) is 3. The summed E-state index contributed by atoms with van der Waals surface area (Å²) in [5.74, 6) is -1.31. The number of benzene rings is 2. The number of aromatic amines is 1. The van der Waals surface area contributed by atoms with Crippen molar-refractivity contribution in [1.82, 2.24) is 20.1 Å². The van der Waals surface area contributed by atoms with E-state index in [9.17, 15) is 27.2 Å². The Morgan fingerprint density at radius 3 is 2.51 bits per heavy atom. The number of carbonyl (C=O) groups is 2. The molecule has 0 saturated carbocycles. The summed E-state index contributed by atoms with van der Waals surface area (Å²) in [6, 6.07) is 15.9. The van der Waals surface area contributed by atoms with Crippen LogP contribution in [0.1, 0.15) is 40.4 Å².